The van der Waals surface area contributed by atoms with Gasteiger partial charge in [-0.1, -0.05) is 13.3 Å². The minimum Gasteiger partial charge on any atom is -0.497 e. The lowest BCUT2D eigenvalue weighted by molar-refractivity contribution is 0.279. The number of rotatable bonds is 4. The maximum absolute atomic E-state index is 5.32. The zero-order chi connectivity index (χ0) is 11.5. The molecule has 2 nitrogen and oxygen atoms in total. The molecular weight excluding hydrogens is 198 g/mol. The average molecular weight is 219 g/mol. The van der Waals surface area contributed by atoms with E-state index >= 15 is 0 Å². The van der Waals surface area contributed by atoms with Crippen LogP contribution in [0.25, 0.3) is 0 Å². The maximum atomic E-state index is 5.32. The Bertz CT molecular complexity index is 373. The van der Waals surface area contributed by atoms with Gasteiger partial charge in [0.15, 0.2) is 0 Å². The first-order valence-electron chi connectivity index (χ1n) is 6.13. The third-order valence-corrected chi connectivity index (χ3v) is 3.38. The number of hydrogen-bond acceptors (Lipinski definition) is 2. The number of ether oxygens (including phenoxy) is 1. The molecule has 2 heteroatoms. The quantitative estimate of drug-likeness (QED) is 0.771. The van der Waals surface area contributed by atoms with Crippen molar-refractivity contribution in [1.82, 2.24) is 4.90 Å². The fourth-order valence-electron chi connectivity index (χ4n) is 2.40. The summed E-state index contributed by atoms with van der Waals surface area (Å²) >= 11 is 0. The fraction of sp³-hybridized carbons (Fsp3) is 0.571. The van der Waals surface area contributed by atoms with E-state index in [0.29, 0.717) is 0 Å². The van der Waals surface area contributed by atoms with Crippen molar-refractivity contribution < 1.29 is 4.74 Å². The summed E-state index contributed by atoms with van der Waals surface area (Å²) < 4.78 is 5.32. The maximum Gasteiger partial charge on any atom is 0.119 e. The molecule has 0 saturated carbocycles. The van der Waals surface area contributed by atoms with Gasteiger partial charge in [0, 0.05) is 13.1 Å². The Morgan fingerprint density at radius 3 is 2.81 bits per heavy atom. The van der Waals surface area contributed by atoms with E-state index in [0.717, 1.165) is 18.8 Å². The first kappa shape index (κ1) is 11.5. The summed E-state index contributed by atoms with van der Waals surface area (Å²) in [6.45, 7) is 7.85. The molecule has 0 saturated heterocycles. The molecule has 0 N–H and O–H groups in total. The van der Waals surface area contributed by atoms with Gasteiger partial charge < -0.3 is 4.74 Å². The average Bonchev–Trinajstić information content (AvgIpc) is 2.69. The van der Waals surface area contributed by atoms with Crippen molar-refractivity contribution >= 4 is 0 Å². The third-order valence-electron chi connectivity index (χ3n) is 3.38. The number of nitrogens with zero attached hydrogens (tertiary/aromatic N) is 1. The molecular formula is C14H21NO. The van der Waals surface area contributed by atoms with Crippen LogP contribution in [0, 0.1) is 6.92 Å². The van der Waals surface area contributed by atoms with Crippen molar-refractivity contribution in [3.63, 3.8) is 0 Å². The molecule has 2 rings (SSSR count). The summed E-state index contributed by atoms with van der Waals surface area (Å²) in [5, 5.41) is 0. The van der Waals surface area contributed by atoms with Gasteiger partial charge in [0.1, 0.15) is 5.75 Å². The zero-order valence-corrected chi connectivity index (χ0v) is 10.5. The summed E-state index contributed by atoms with van der Waals surface area (Å²) in [5.41, 5.74) is 4.33. The normalized spacial score (nSPS) is 15.2. The second-order valence-electron chi connectivity index (χ2n) is 4.65. The molecule has 0 radical (unpaired) electrons. The molecule has 0 bridgehead atoms. The zero-order valence-electron chi connectivity index (χ0n) is 10.5. The van der Waals surface area contributed by atoms with Crippen LogP contribution in [0.15, 0.2) is 12.1 Å². The van der Waals surface area contributed by atoms with Crippen LogP contribution in [0.2, 0.25) is 0 Å². The van der Waals surface area contributed by atoms with Gasteiger partial charge in [-0.15, -0.1) is 0 Å². The number of unbranched alkanes of at least 4 members (excludes halogenated alkanes) is 1. The van der Waals surface area contributed by atoms with E-state index in [9.17, 15) is 0 Å². The Labute approximate surface area is 98.2 Å². The number of benzene rings is 1. The molecule has 0 atom stereocenters. The van der Waals surface area contributed by atoms with Crippen molar-refractivity contribution in [3.05, 3.63) is 28.8 Å². The highest BCUT2D eigenvalue weighted by Gasteiger charge is 2.20. The number of fused-ring (bicyclic) bond motifs is 1. The second kappa shape index (κ2) is 4.88. The highest BCUT2D eigenvalue weighted by atomic mass is 16.5. The van der Waals surface area contributed by atoms with E-state index in [-0.39, 0.29) is 0 Å². The first-order chi connectivity index (χ1) is 7.74. The molecule has 0 spiro atoms. The van der Waals surface area contributed by atoms with Crippen LogP contribution in [-0.2, 0) is 13.1 Å². The van der Waals surface area contributed by atoms with Gasteiger partial charge in [-0.3, -0.25) is 4.90 Å². The molecule has 16 heavy (non-hydrogen) atoms. The van der Waals surface area contributed by atoms with Crippen LogP contribution in [0.3, 0.4) is 0 Å². The summed E-state index contributed by atoms with van der Waals surface area (Å²) in [6.07, 6.45) is 2.57. The fourth-order valence-corrected chi connectivity index (χ4v) is 2.40. The lowest BCUT2D eigenvalue weighted by Gasteiger charge is -2.13. The van der Waals surface area contributed by atoms with Crippen LogP contribution in [0.1, 0.15) is 36.5 Å². The van der Waals surface area contributed by atoms with E-state index in [1.807, 2.05) is 0 Å². The predicted molar refractivity (Wildman–Crippen MR) is 66.8 cm³/mol. The van der Waals surface area contributed by atoms with Gasteiger partial charge in [0.2, 0.25) is 0 Å². The van der Waals surface area contributed by atoms with Crippen molar-refractivity contribution in [1.29, 1.82) is 0 Å². The Morgan fingerprint density at radius 2 is 2.12 bits per heavy atom. The summed E-state index contributed by atoms with van der Waals surface area (Å²) in [7, 11) is 1.74. The van der Waals surface area contributed by atoms with Crippen LogP contribution >= 0.6 is 0 Å². The first-order valence-corrected chi connectivity index (χ1v) is 6.13. The summed E-state index contributed by atoms with van der Waals surface area (Å²) in [5.74, 6) is 0.994. The van der Waals surface area contributed by atoms with Crippen LogP contribution in [0.4, 0.5) is 0 Å². The smallest absolute Gasteiger partial charge is 0.119 e. The van der Waals surface area contributed by atoms with Gasteiger partial charge in [0.25, 0.3) is 0 Å². The van der Waals surface area contributed by atoms with Crippen molar-refractivity contribution in [2.75, 3.05) is 13.7 Å². The molecule has 1 aromatic rings. The van der Waals surface area contributed by atoms with Crippen molar-refractivity contribution in [2.24, 2.45) is 0 Å². The molecule has 0 aliphatic carbocycles. The number of methoxy groups -OCH3 is 1. The molecule has 1 heterocycles. The molecule has 0 aromatic heterocycles. The lowest BCUT2D eigenvalue weighted by Crippen LogP contribution is -2.17. The minimum atomic E-state index is 0.994. The minimum absolute atomic E-state index is 0.994. The van der Waals surface area contributed by atoms with Crippen LogP contribution in [0.5, 0.6) is 5.75 Å². The second-order valence-corrected chi connectivity index (χ2v) is 4.65. The van der Waals surface area contributed by atoms with Gasteiger partial charge in [-0.2, -0.15) is 0 Å². The third kappa shape index (κ3) is 2.22. The van der Waals surface area contributed by atoms with Crippen LogP contribution in [-0.4, -0.2) is 18.6 Å². The predicted octanol–water partition coefficient (Wildman–Crippen LogP) is 3.12. The topological polar surface area (TPSA) is 12.5 Å². The van der Waals surface area contributed by atoms with Gasteiger partial charge in [0.05, 0.1) is 7.11 Å². The van der Waals surface area contributed by atoms with Gasteiger partial charge in [-0.05, 0) is 48.7 Å². The van der Waals surface area contributed by atoms with Crippen molar-refractivity contribution in [2.45, 2.75) is 39.8 Å². The molecule has 1 aromatic carbocycles. The van der Waals surface area contributed by atoms with E-state index in [2.05, 4.69) is 30.9 Å². The Morgan fingerprint density at radius 1 is 1.31 bits per heavy atom. The van der Waals surface area contributed by atoms with Crippen molar-refractivity contribution in [3.8, 4) is 5.75 Å². The number of aryl methyl sites for hydroxylation is 1. The highest BCUT2D eigenvalue weighted by molar-refractivity contribution is 5.43. The summed E-state index contributed by atoms with van der Waals surface area (Å²) in [4.78, 5) is 2.53. The summed E-state index contributed by atoms with van der Waals surface area (Å²) in [6, 6.07) is 4.33. The van der Waals surface area contributed by atoms with E-state index in [1.165, 1.54) is 36.1 Å². The Hall–Kier alpha value is -1.02. The molecule has 88 valence electrons. The lowest BCUT2D eigenvalue weighted by atomic mass is 10.0. The molecule has 1 aliphatic rings. The standard InChI is InChI=1S/C14H21NO/c1-4-5-6-15-9-12-8-13(16-3)7-11(2)14(12)10-15/h7-8H,4-6,9-10H2,1-3H3. The molecule has 0 amide bonds. The highest BCUT2D eigenvalue weighted by Crippen LogP contribution is 2.29. The van der Waals surface area contributed by atoms with E-state index < -0.39 is 0 Å². The van der Waals surface area contributed by atoms with Crippen LogP contribution < -0.4 is 4.74 Å². The van der Waals surface area contributed by atoms with Gasteiger partial charge >= 0.3 is 0 Å². The molecule has 1 aliphatic heterocycles. The van der Waals surface area contributed by atoms with Gasteiger partial charge in [-0.25, -0.2) is 0 Å². The Kier molecular flexibility index (Phi) is 3.49. The van der Waals surface area contributed by atoms with E-state index in [4.69, 9.17) is 4.74 Å². The Balaban J connectivity index is 2.14. The SMILES string of the molecule is CCCCN1Cc2cc(OC)cc(C)c2C1. The molecule has 0 unspecified atom stereocenters. The van der Waals surface area contributed by atoms with E-state index in [1.54, 1.807) is 7.11 Å². The molecule has 0 fully saturated rings. The monoisotopic (exact) mass is 219 g/mol. The number of hydrogen-bond donors (Lipinski definition) is 0. The largest absolute Gasteiger partial charge is 0.497 e.